The van der Waals surface area contributed by atoms with Gasteiger partial charge >= 0.3 is 0 Å². The monoisotopic (exact) mass is 203 g/mol. The summed E-state index contributed by atoms with van der Waals surface area (Å²) in [7, 11) is 0. The zero-order chi connectivity index (χ0) is 10.8. The molecule has 1 aliphatic heterocycles. The number of carbonyl (C=O) groups excluding carboxylic acids is 1. The van der Waals surface area contributed by atoms with E-state index in [0.29, 0.717) is 18.1 Å². The second-order valence-corrected chi connectivity index (χ2v) is 4.63. The molecule has 0 radical (unpaired) electrons. The Bertz CT molecular complexity index is 371. The van der Waals surface area contributed by atoms with Gasteiger partial charge in [0.2, 0.25) is 0 Å². The fraction of sp³-hybridized carbons (Fsp3) is 0.462. The van der Waals surface area contributed by atoms with Crippen LogP contribution in [0.2, 0.25) is 0 Å². The SMILES string of the molecule is CC(C)C[C@@H]1Nc2ccccc2CC1=O. The van der Waals surface area contributed by atoms with Gasteiger partial charge in [0.1, 0.15) is 0 Å². The summed E-state index contributed by atoms with van der Waals surface area (Å²) >= 11 is 0. The molecule has 0 unspecified atom stereocenters. The zero-order valence-corrected chi connectivity index (χ0v) is 9.29. The number of benzene rings is 1. The number of anilines is 1. The topological polar surface area (TPSA) is 29.1 Å². The highest BCUT2D eigenvalue weighted by Gasteiger charge is 2.25. The molecule has 15 heavy (non-hydrogen) atoms. The molecule has 0 aromatic heterocycles. The van der Waals surface area contributed by atoms with Gasteiger partial charge in [0.25, 0.3) is 0 Å². The molecule has 80 valence electrons. The van der Waals surface area contributed by atoms with Gasteiger partial charge in [0, 0.05) is 12.1 Å². The highest BCUT2D eigenvalue weighted by molar-refractivity contribution is 5.92. The van der Waals surface area contributed by atoms with E-state index in [9.17, 15) is 4.79 Å². The maximum Gasteiger partial charge on any atom is 0.159 e. The summed E-state index contributed by atoms with van der Waals surface area (Å²) in [5, 5.41) is 3.33. The third-order valence-electron chi connectivity index (χ3n) is 2.81. The first kappa shape index (κ1) is 10.2. The Hall–Kier alpha value is -1.31. The van der Waals surface area contributed by atoms with Crippen LogP contribution in [-0.2, 0) is 11.2 Å². The molecular weight excluding hydrogens is 186 g/mol. The van der Waals surface area contributed by atoms with Crippen LogP contribution in [0.15, 0.2) is 24.3 Å². The van der Waals surface area contributed by atoms with Crippen LogP contribution >= 0.6 is 0 Å². The van der Waals surface area contributed by atoms with Crippen LogP contribution < -0.4 is 5.32 Å². The number of Topliss-reactive ketones (excluding diaryl/α,β-unsaturated/α-hetero) is 1. The van der Waals surface area contributed by atoms with Crippen LogP contribution in [0, 0.1) is 5.92 Å². The predicted octanol–water partition coefficient (Wildman–Crippen LogP) is 2.64. The molecule has 1 aliphatic rings. The summed E-state index contributed by atoms with van der Waals surface area (Å²) in [4.78, 5) is 11.8. The molecule has 0 fully saturated rings. The van der Waals surface area contributed by atoms with Crippen molar-refractivity contribution in [3.05, 3.63) is 29.8 Å². The summed E-state index contributed by atoms with van der Waals surface area (Å²) in [5.41, 5.74) is 2.25. The highest BCUT2D eigenvalue weighted by atomic mass is 16.1. The first-order valence-corrected chi connectivity index (χ1v) is 5.54. The number of hydrogen-bond donors (Lipinski definition) is 1. The van der Waals surface area contributed by atoms with Crippen LogP contribution in [0.25, 0.3) is 0 Å². The number of carbonyl (C=O) groups is 1. The average molecular weight is 203 g/mol. The van der Waals surface area contributed by atoms with Crippen molar-refractivity contribution in [1.29, 1.82) is 0 Å². The summed E-state index contributed by atoms with van der Waals surface area (Å²) in [5.74, 6) is 0.874. The summed E-state index contributed by atoms with van der Waals surface area (Å²) in [6.45, 7) is 4.30. The molecule has 2 nitrogen and oxygen atoms in total. The molecule has 0 spiro atoms. The standard InChI is InChI=1S/C13H17NO/c1-9(2)7-12-13(15)8-10-5-3-4-6-11(10)14-12/h3-6,9,12,14H,7-8H2,1-2H3/t12-/m0/s1. The van der Waals surface area contributed by atoms with Crippen LogP contribution in [-0.4, -0.2) is 11.8 Å². The van der Waals surface area contributed by atoms with Crippen molar-refractivity contribution in [2.45, 2.75) is 32.7 Å². The third kappa shape index (κ3) is 2.20. The zero-order valence-electron chi connectivity index (χ0n) is 9.29. The van der Waals surface area contributed by atoms with E-state index in [1.165, 1.54) is 0 Å². The van der Waals surface area contributed by atoms with Gasteiger partial charge in [-0.25, -0.2) is 0 Å². The lowest BCUT2D eigenvalue weighted by Crippen LogP contribution is -2.36. The summed E-state index contributed by atoms with van der Waals surface area (Å²) in [6, 6.07) is 8.07. The molecule has 0 bridgehead atoms. The number of rotatable bonds is 2. The Kier molecular flexibility index (Phi) is 2.76. The van der Waals surface area contributed by atoms with E-state index in [4.69, 9.17) is 0 Å². The minimum absolute atomic E-state index is 0.0138. The Labute approximate surface area is 90.7 Å². The van der Waals surface area contributed by atoms with Gasteiger partial charge in [0.15, 0.2) is 5.78 Å². The maximum atomic E-state index is 11.8. The molecule has 0 aliphatic carbocycles. The van der Waals surface area contributed by atoms with Crippen LogP contribution in [0.5, 0.6) is 0 Å². The second-order valence-electron chi connectivity index (χ2n) is 4.63. The molecule has 2 heteroatoms. The lowest BCUT2D eigenvalue weighted by molar-refractivity contribution is -0.119. The lowest BCUT2D eigenvalue weighted by atomic mass is 9.91. The van der Waals surface area contributed by atoms with E-state index in [1.807, 2.05) is 18.2 Å². The Morgan fingerprint density at radius 2 is 2.13 bits per heavy atom. The van der Waals surface area contributed by atoms with Crippen molar-refractivity contribution in [2.75, 3.05) is 5.32 Å². The van der Waals surface area contributed by atoms with E-state index < -0.39 is 0 Å². The van der Waals surface area contributed by atoms with Crippen molar-refractivity contribution < 1.29 is 4.79 Å². The van der Waals surface area contributed by atoms with Crippen molar-refractivity contribution in [3.8, 4) is 0 Å². The number of nitrogens with one attached hydrogen (secondary N) is 1. The summed E-state index contributed by atoms with van der Waals surface area (Å²) < 4.78 is 0. The Morgan fingerprint density at radius 1 is 1.40 bits per heavy atom. The first-order chi connectivity index (χ1) is 7.16. The molecule has 1 heterocycles. The molecule has 2 rings (SSSR count). The van der Waals surface area contributed by atoms with Crippen molar-refractivity contribution >= 4 is 11.5 Å². The van der Waals surface area contributed by atoms with Gasteiger partial charge in [-0.3, -0.25) is 4.79 Å². The normalized spacial score (nSPS) is 19.9. The third-order valence-corrected chi connectivity index (χ3v) is 2.81. The van der Waals surface area contributed by atoms with E-state index in [0.717, 1.165) is 17.7 Å². The summed E-state index contributed by atoms with van der Waals surface area (Å²) in [6.07, 6.45) is 1.51. The van der Waals surface area contributed by atoms with Crippen LogP contribution in [0.4, 0.5) is 5.69 Å². The maximum absolute atomic E-state index is 11.8. The van der Waals surface area contributed by atoms with Crippen LogP contribution in [0.3, 0.4) is 0 Å². The lowest BCUT2D eigenvalue weighted by Gasteiger charge is -2.26. The molecule has 0 saturated carbocycles. The quantitative estimate of drug-likeness (QED) is 0.800. The van der Waals surface area contributed by atoms with Gasteiger partial charge < -0.3 is 5.32 Å². The molecule has 1 aromatic rings. The van der Waals surface area contributed by atoms with Crippen LogP contribution in [0.1, 0.15) is 25.8 Å². The van der Waals surface area contributed by atoms with Crippen molar-refractivity contribution in [2.24, 2.45) is 5.92 Å². The highest BCUT2D eigenvalue weighted by Crippen LogP contribution is 2.24. The van der Waals surface area contributed by atoms with E-state index >= 15 is 0 Å². The largest absolute Gasteiger partial charge is 0.375 e. The number of hydrogen-bond acceptors (Lipinski definition) is 2. The molecule has 1 atom stereocenters. The van der Waals surface area contributed by atoms with Crippen molar-refractivity contribution in [1.82, 2.24) is 0 Å². The number of ketones is 1. The van der Waals surface area contributed by atoms with E-state index in [2.05, 4.69) is 25.2 Å². The van der Waals surface area contributed by atoms with E-state index in [1.54, 1.807) is 0 Å². The van der Waals surface area contributed by atoms with Gasteiger partial charge in [-0.05, 0) is 24.0 Å². The van der Waals surface area contributed by atoms with E-state index in [-0.39, 0.29) is 6.04 Å². The second kappa shape index (κ2) is 4.05. The minimum Gasteiger partial charge on any atom is -0.375 e. The van der Waals surface area contributed by atoms with Gasteiger partial charge in [-0.2, -0.15) is 0 Å². The average Bonchev–Trinajstić information content (AvgIpc) is 2.18. The Morgan fingerprint density at radius 3 is 2.87 bits per heavy atom. The fourth-order valence-electron chi connectivity index (χ4n) is 2.06. The molecule has 0 amide bonds. The Balaban J connectivity index is 2.18. The van der Waals surface area contributed by atoms with Gasteiger partial charge in [0.05, 0.1) is 6.04 Å². The minimum atomic E-state index is 0.0138. The number of fused-ring (bicyclic) bond motifs is 1. The number of para-hydroxylation sites is 1. The molecule has 1 aromatic carbocycles. The van der Waals surface area contributed by atoms with Gasteiger partial charge in [-0.15, -0.1) is 0 Å². The molecule has 0 saturated heterocycles. The van der Waals surface area contributed by atoms with Crippen molar-refractivity contribution in [3.63, 3.8) is 0 Å². The smallest absolute Gasteiger partial charge is 0.159 e. The molecular formula is C13H17NO. The first-order valence-electron chi connectivity index (χ1n) is 5.54. The fourth-order valence-corrected chi connectivity index (χ4v) is 2.06. The van der Waals surface area contributed by atoms with Gasteiger partial charge in [-0.1, -0.05) is 32.0 Å². The molecule has 1 N–H and O–H groups in total. The predicted molar refractivity (Wildman–Crippen MR) is 62.0 cm³/mol.